The van der Waals surface area contributed by atoms with E-state index in [4.69, 9.17) is 4.74 Å². The molecule has 3 heteroatoms. The van der Waals surface area contributed by atoms with E-state index in [2.05, 4.69) is 60.2 Å². The van der Waals surface area contributed by atoms with Gasteiger partial charge < -0.3 is 10.1 Å². The van der Waals surface area contributed by atoms with E-state index in [0.717, 1.165) is 24.2 Å². The number of hydrogen-bond donors (Lipinski definition) is 1. The number of nitrogens with one attached hydrogen (secondary N) is 1. The minimum Gasteiger partial charge on any atom is -0.381 e. The Morgan fingerprint density at radius 3 is 2.50 bits per heavy atom. The molecule has 102 valence electrons. The monoisotopic (exact) mass is 313 g/mol. The quantitative estimate of drug-likeness (QED) is 0.858. The summed E-state index contributed by atoms with van der Waals surface area (Å²) in [5, 5.41) is 3.56. The van der Waals surface area contributed by atoms with E-state index in [1.165, 1.54) is 5.56 Å². The average Bonchev–Trinajstić information content (AvgIpc) is 2.29. The van der Waals surface area contributed by atoms with Gasteiger partial charge in [0.1, 0.15) is 0 Å². The molecule has 0 saturated carbocycles. The maximum atomic E-state index is 5.61. The van der Waals surface area contributed by atoms with Gasteiger partial charge in [0, 0.05) is 29.1 Å². The molecule has 0 saturated heterocycles. The molecule has 0 radical (unpaired) electrons. The first-order valence-corrected chi connectivity index (χ1v) is 7.30. The summed E-state index contributed by atoms with van der Waals surface area (Å²) >= 11 is 3.63. The normalized spacial score (nSPS) is 13.6. The number of halogens is 1. The van der Waals surface area contributed by atoms with Crippen molar-refractivity contribution in [3.63, 3.8) is 0 Å². The molecule has 1 atom stereocenters. The third kappa shape index (κ3) is 5.51. The zero-order chi connectivity index (χ0) is 13.6. The predicted molar refractivity (Wildman–Crippen MR) is 81.1 cm³/mol. The zero-order valence-electron chi connectivity index (χ0n) is 11.8. The highest BCUT2D eigenvalue weighted by Crippen LogP contribution is 2.25. The zero-order valence-corrected chi connectivity index (χ0v) is 13.4. The predicted octanol–water partition coefficient (Wildman–Crippen LogP) is 3.96. The molecule has 0 heterocycles. The molecule has 2 nitrogen and oxygen atoms in total. The van der Waals surface area contributed by atoms with E-state index in [1.807, 2.05) is 13.0 Å². The van der Waals surface area contributed by atoms with Gasteiger partial charge in [0.05, 0.1) is 6.61 Å². The minimum absolute atomic E-state index is 0.131. The Balaban J connectivity index is 2.75. The van der Waals surface area contributed by atoms with Gasteiger partial charge in [-0.05, 0) is 39.3 Å². The molecular formula is C15H24BrNO. The highest BCUT2D eigenvalue weighted by Gasteiger charge is 2.17. The minimum atomic E-state index is 0.131. The van der Waals surface area contributed by atoms with Gasteiger partial charge in [0.25, 0.3) is 0 Å². The van der Waals surface area contributed by atoms with E-state index in [9.17, 15) is 0 Å². The fraction of sp³-hybridized carbons (Fsp3) is 0.600. The standard InChI is InChI=1S/C15H24BrNO/c1-5-18-11-12(10-17-15(2,3)4)13-8-6-7-9-14(13)16/h6-9,12,17H,5,10-11H2,1-4H3. The lowest BCUT2D eigenvalue weighted by Gasteiger charge is -2.26. The van der Waals surface area contributed by atoms with E-state index in [1.54, 1.807) is 0 Å². The molecule has 1 N–H and O–H groups in total. The van der Waals surface area contributed by atoms with Crippen molar-refractivity contribution < 1.29 is 4.74 Å². The first kappa shape index (κ1) is 15.7. The van der Waals surface area contributed by atoms with Crippen molar-refractivity contribution in [3.05, 3.63) is 34.3 Å². The van der Waals surface area contributed by atoms with Gasteiger partial charge in [-0.1, -0.05) is 34.1 Å². The Bertz CT molecular complexity index is 360. The highest BCUT2D eigenvalue weighted by molar-refractivity contribution is 9.10. The molecule has 0 bridgehead atoms. The summed E-state index contributed by atoms with van der Waals surface area (Å²) in [5.41, 5.74) is 1.44. The number of rotatable bonds is 6. The summed E-state index contributed by atoms with van der Waals surface area (Å²) in [6, 6.07) is 8.38. The van der Waals surface area contributed by atoms with Crippen molar-refractivity contribution in [2.45, 2.75) is 39.2 Å². The number of benzene rings is 1. The second-order valence-corrected chi connectivity index (χ2v) is 6.36. The fourth-order valence-electron chi connectivity index (χ4n) is 1.75. The van der Waals surface area contributed by atoms with E-state index in [0.29, 0.717) is 5.92 Å². The van der Waals surface area contributed by atoms with Crippen LogP contribution in [0.25, 0.3) is 0 Å². The van der Waals surface area contributed by atoms with Gasteiger partial charge in [0.15, 0.2) is 0 Å². The summed E-state index contributed by atoms with van der Waals surface area (Å²) < 4.78 is 6.77. The SMILES string of the molecule is CCOCC(CNC(C)(C)C)c1ccccc1Br. The van der Waals surface area contributed by atoms with Gasteiger partial charge in [-0.3, -0.25) is 0 Å². The fourth-order valence-corrected chi connectivity index (χ4v) is 2.36. The smallest absolute Gasteiger partial charge is 0.0547 e. The van der Waals surface area contributed by atoms with Crippen LogP contribution < -0.4 is 5.32 Å². The van der Waals surface area contributed by atoms with Crippen molar-refractivity contribution in [2.75, 3.05) is 19.8 Å². The van der Waals surface area contributed by atoms with Crippen molar-refractivity contribution >= 4 is 15.9 Å². The first-order chi connectivity index (χ1) is 8.44. The molecular weight excluding hydrogens is 290 g/mol. The molecule has 0 aliphatic carbocycles. The lowest BCUT2D eigenvalue weighted by molar-refractivity contribution is 0.129. The van der Waals surface area contributed by atoms with Crippen molar-refractivity contribution in [2.24, 2.45) is 0 Å². The first-order valence-electron chi connectivity index (χ1n) is 6.51. The average molecular weight is 314 g/mol. The third-order valence-electron chi connectivity index (χ3n) is 2.75. The molecule has 1 aromatic rings. The van der Waals surface area contributed by atoms with Crippen LogP contribution in [0, 0.1) is 0 Å². The Labute approximate surface area is 119 Å². The maximum Gasteiger partial charge on any atom is 0.0547 e. The summed E-state index contributed by atoms with van der Waals surface area (Å²) in [6.45, 7) is 11.0. The molecule has 0 amide bonds. The van der Waals surface area contributed by atoms with Crippen LogP contribution in [0.2, 0.25) is 0 Å². The number of hydrogen-bond acceptors (Lipinski definition) is 2. The van der Waals surface area contributed by atoms with Crippen LogP contribution >= 0.6 is 15.9 Å². The van der Waals surface area contributed by atoms with Crippen molar-refractivity contribution in [1.29, 1.82) is 0 Å². The Kier molecular flexibility index (Phi) is 6.33. The molecule has 0 aromatic heterocycles. The van der Waals surface area contributed by atoms with E-state index in [-0.39, 0.29) is 5.54 Å². The molecule has 0 fully saturated rings. The third-order valence-corrected chi connectivity index (χ3v) is 3.47. The van der Waals surface area contributed by atoms with Gasteiger partial charge in [-0.2, -0.15) is 0 Å². The van der Waals surface area contributed by atoms with Crippen LogP contribution in [0.4, 0.5) is 0 Å². The Hall–Kier alpha value is -0.380. The van der Waals surface area contributed by atoms with Crippen LogP contribution in [0.5, 0.6) is 0 Å². The largest absolute Gasteiger partial charge is 0.381 e. The Morgan fingerprint density at radius 1 is 1.28 bits per heavy atom. The Morgan fingerprint density at radius 2 is 1.94 bits per heavy atom. The van der Waals surface area contributed by atoms with Gasteiger partial charge in [-0.15, -0.1) is 0 Å². The molecule has 18 heavy (non-hydrogen) atoms. The van der Waals surface area contributed by atoms with Crippen LogP contribution in [0.1, 0.15) is 39.2 Å². The molecule has 1 aromatic carbocycles. The van der Waals surface area contributed by atoms with Crippen LogP contribution in [-0.4, -0.2) is 25.3 Å². The van der Waals surface area contributed by atoms with E-state index >= 15 is 0 Å². The highest BCUT2D eigenvalue weighted by atomic mass is 79.9. The second kappa shape index (κ2) is 7.27. The summed E-state index contributed by atoms with van der Waals surface area (Å²) in [5.74, 6) is 0.375. The number of ether oxygens (including phenoxy) is 1. The molecule has 1 rings (SSSR count). The molecule has 0 aliphatic heterocycles. The van der Waals surface area contributed by atoms with Gasteiger partial charge in [0.2, 0.25) is 0 Å². The van der Waals surface area contributed by atoms with Crippen LogP contribution in [0.15, 0.2) is 28.7 Å². The lowest BCUT2D eigenvalue weighted by Crippen LogP contribution is -2.39. The van der Waals surface area contributed by atoms with E-state index < -0.39 is 0 Å². The van der Waals surface area contributed by atoms with Crippen molar-refractivity contribution in [3.8, 4) is 0 Å². The van der Waals surface area contributed by atoms with Crippen LogP contribution in [0.3, 0.4) is 0 Å². The summed E-state index contributed by atoms with van der Waals surface area (Å²) in [4.78, 5) is 0. The summed E-state index contributed by atoms with van der Waals surface area (Å²) in [7, 11) is 0. The van der Waals surface area contributed by atoms with Crippen LogP contribution in [-0.2, 0) is 4.74 Å². The molecule has 1 unspecified atom stereocenters. The van der Waals surface area contributed by atoms with Gasteiger partial charge >= 0.3 is 0 Å². The van der Waals surface area contributed by atoms with Gasteiger partial charge in [-0.25, -0.2) is 0 Å². The van der Waals surface area contributed by atoms with Crippen molar-refractivity contribution in [1.82, 2.24) is 5.32 Å². The lowest BCUT2D eigenvalue weighted by atomic mass is 9.98. The summed E-state index contributed by atoms with van der Waals surface area (Å²) in [6.07, 6.45) is 0. The maximum absolute atomic E-state index is 5.61. The topological polar surface area (TPSA) is 21.3 Å². The second-order valence-electron chi connectivity index (χ2n) is 5.51. The molecule has 0 aliphatic rings. The molecule has 0 spiro atoms.